The lowest BCUT2D eigenvalue weighted by Gasteiger charge is -2.04. The lowest BCUT2D eigenvalue weighted by Crippen LogP contribution is -1.90. The molecule has 0 aliphatic carbocycles. The van der Waals surface area contributed by atoms with Crippen LogP contribution in [0.15, 0.2) is 45.0 Å². The molecule has 3 rings (SSSR count). The van der Waals surface area contributed by atoms with E-state index in [0.29, 0.717) is 22.4 Å². The van der Waals surface area contributed by atoms with E-state index in [9.17, 15) is 0 Å². The molecule has 0 radical (unpaired) electrons. The van der Waals surface area contributed by atoms with Crippen molar-refractivity contribution in [2.75, 3.05) is 5.73 Å². The maximum atomic E-state index is 5.96. The molecule has 0 spiro atoms. The van der Waals surface area contributed by atoms with Crippen molar-refractivity contribution in [3.8, 4) is 10.8 Å². The molecule has 0 aliphatic rings. The molecular weight excluding hydrogens is 324 g/mol. The van der Waals surface area contributed by atoms with Crippen molar-refractivity contribution >= 4 is 40.4 Å². The van der Waals surface area contributed by atoms with Crippen molar-refractivity contribution in [3.63, 3.8) is 0 Å². The van der Waals surface area contributed by atoms with Crippen LogP contribution in [-0.2, 0) is 5.75 Å². The highest BCUT2D eigenvalue weighted by Gasteiger charge is 2.13. The summed E-state index contributed by atoms with van der Waals surface area (Å²) in [6.07, 6.45) is 0. The van der Waals surface area contributed by atoms with E-state index in [1.165, 1.54) is 0 Å². The van der Waals surface area contributed by atoms with Gasteiger partial charge in [0.25, 0.3) is 0 Å². The van der Waals surface area contributed by atoms with Gasteiger partial charge in [0.2, 0.25) is 5.89 Å². The van der Waals surface area contributed by atoms with Gasteiger partial charge in [-0.05, 0) is 36.6 Å². The molecule has 0 aliphatic heterocycles. The van der Waals surface area contributed by atoms with E-state index in [2.05, 4.69) is 4.98 Å². The Hall–Kier alpha value is -1.43. The van der Waals surface area contributed by atoms with Crippen molar-refractivity contribution in [1.29, 1.82) is 0 Å². The zero-order valence-corrected chi connectivity index (χ0v) is 13.7. The smallest absolute Gasteiger partial charge is 0.236 e. The normalized spacial score (nSPS) is 11.0. The molecule has 1 aromatic carbocycles. The van der Waals surface area contributed by atoms with Crippen molar-refractivity contribution in [1.82, 2.24) is 4.98 Å². The second kappa shape index (κ2) is 6.13. The summed E-state index contributed by atoms with van der Waals surface area (Å²) in [4.78, 5) is 6.61. The Kier molecular flexibility index (Phi) is 4.24. The first kappa shape index (κ1) is 14.5. The predicted octanol–water partition coefficient (Wildman–Crippen LogP) is 5.24. The summed E-state index contributed by atoms with van der Waals surface area (Å²) in [7, 11) is 0. The Labute approximate surface area is 136 Å². The van der Waals surface area contributed by atoms with Gasteiger partial charge in [-0.1, -0.05) is 17.7 Å². The fraction of sp³-hybridized carbons (Fsp3) is 0.133. The second-order valence-corrected chi connectivity index (χ2v) is 6.87. The summed E-state index contributed by atoms with van der Waals surface area (Å²) in [5, 5.41) is 2.66. The lowest BCUT2D eigenvalue weighted by molar-refractivity contribution is 0.542. The average molecular weight is 337 g/mol. The fourth-order valence-corrected chi connectivity index (χ4v) is 3.64. The van der Waals surface area contributed by atoms with E-state index in [-0.39, 0.29) is 0 Å². The van der Waals surface area contributed by atoms with Gasteiger partial charge in [-0.25, -0.2) is 4.98 Å². The number of aryl methyl sites for hydroxylation is 1. The van der Waals surface area contributed by atoms with Crippen LogP contribution in [0.5, 0.6) is 0 Å². The van der Waals surface area contributed by atoms with Crippen LogP contribution in [0.25, 0.3) is 10.8 Å². The Balaban J connectivity index is 1.76. The zero-order chi connectivity index (χ0) is 14.8. The van der Waals surface area contributed by atoms with Crippen LogP contribution >= 0.6 is 34.7 Å². The van der Waals surface area contributed by atoms with Gasteiger partial charge in [0.05, 0.1) is 10.6 Å². The molecule has 3 aromatic rings. The van der Waals surface area contributed by atoms with Crippen LogP contribution in [0.4, 0.5) is 5.69 Å². The van der Waals surface area contributed by atoms with Crippen molar-refractivity contribution in [2.45, 2.75) is 17.6 Å². The molecule has 2 heterocycles. The minimum atomic E-state index is 0.648. The standard InChI is InChI=1S/C15H13ClN2OS2/c1-9-12(18-15(19-9)14-3-2-6-20-14)8-21-13-5-4-10(16)7-11(13)17/h2-7H,8,17H2,1H3. The number of hydrogen-bond acceptors (Lipinski definition) is 5. The first-order valence-corrected chi connectivity index (χ1v) is 8.56. The molecule has 108 valence electrons. The molecule has 0 saturated heterocycles. The molecule has 2 N–H and O–H groups in total. The Bertz CT molecular complexity index is 753. The van der Waals surface area contributed by atoms with Crippen LogP contribution in [0.3, 0.4) is 0 Å². The van der Waals surface area contributed by atoms with Gasteiger partial charge in [0, 0.05) is 21.4 Å². The summed E-state index contributed by atoms with van der Waals surface area (Å²) in [5.41, 5.74) is 7.59. The van der Waals surface area contributed by atoms with Crippen LogP contribution in [0, 0.1) is 6.92 Å². The number of halogens is 1. The predicted molar refractivity (Wildman–Crippen MR) is 90.0 cm³/mol. The maximum absolute atomic E-state index is 5.96. The molecule has 0 bridgehead atoms. The Morgan fingerprint density at radius 3 is 2.95 bits per heavy atom. The number of hydrogen-bond donors (Lipinski definition) is 1. The summed E-state index contributed by atoms with van der Waals surface area (Å²) in [5.74, 6) is 2.24. The third kappa shape index (κ3) is 3.26. The highest BCUT2D eigenvalue weighted by Crippen LogP contribution is 2.32. The second-order valence-electron chi connectivity index (χ2n) is 4.47. The largest absolute Gasteiger partial charge is 0.440 e. The van der Waals surface area contributed by atoms with Crippen LogP contribution in [0.2, 0.25) is 5.02 Å². The number of oxazole rings is 1. The number of thiophene rings is 1. The third-order valence-corrected chi connectivity index (χ3v) is 5.15. The van der Waals surface area contributed by atoms with E-state index in [1.807, 2.05) is 36.6 Å². The van der Waals surface area contributed by atoms with Gasteiger partial charge in [-0.3, -0.25) is 0 Å². The Morgan fingerprint density at radius 1 is 1.38 bits per heavy atom. The highest BCUT2D eigenvalue weighted by atomic mass is 35.5. The molecule has 2 aromatic heterocycles. The number of thioether (sulfide) groups is 1. The first-order chi connectivity index (χ1) is 10.1. The van der Waals surface area contributed by atoms with Crippen molar-refractivity contribution in [3.05, 3.63) is 52.2 Å². The van der Waals surface area contributed by atoms with Gasteiger partial charge in [-0.15, -0.1) is 23.1 Å². The Morgan fingerprint density at radius 2 is 2.24 bits per heavy atom. The van der Waals surface area contributed by atoms with Gasteiger partial charge >= 0.3 is 0 Å². The van der Waals surface area contributed by atoms with Crippen LogP contribution in [0.1, 0.15) is 11.5 Å². The van der Waals surface area contributed by atoms with Gasteiger partial charge < -0.3 is 10.2 Å². The minimum absolute atomic E-state index is 0.648. The molecule has 21 heavy (non-hydrogen) atoms. The van der Waals surface area contributed by atoms with Gasteiger partial charge in [-0.2, -0.15) is 0 Å². The molecular formula is C15H13ClN2OS2. The van der Waals surface area contributed by atoms with Gasteiger partial charge in [0.1, 0.15) is 5.76 Å². The van der Waals surface area contributed by atoms with E-state index < -0.39 is 0 Å². The number of nitrogen functional groups attached to an aromatic ring is 1. The van der Waals surface area contributed by atoms with Crippen LogP contribution in [-0.4, -0.2) is 4.98 Å². The number of rotatable bonds is 4. The summed E-state index contributed by atoms with van der Waals surface area (Å²) in [6, 6.07) is 9.52. The topological polar surface area (TPSA) is 52.0 Å². The fourth-order valence-electron chi connectivity index (χ4n) is 1.86. The van der Waals surface area contributed by atoms with E-state index in [0.717, 1.165) is 21.2 Å². The number of aromatic nitrogens is 1. The minimum Gasteiger partial charge on any atom is -0.440 e. The molecule has 0 fully saturated rings. The molecule has 3 nitrogen and oxygen atoms in total. The number of nitrogens with zero attached hydrogens (tertiary/aromatic N) is 1. The monoisotopic (exact) mass is 336 g/mol. The molecule has 0 atom stereocenters. The SMILES string of the molecule is Cc1oc(-c2cccs2)nc1CSc1ccc(Cl)cc1N. The quantitative estimate of drug-likeness (QED) is 0.523. The molecule has 0 amide bonds. The van der Waals surface area contributed by atoms with Crippen LogP contribution < -0.4 is 5.73 Å². The highest BCUT2D eigenvalue weighted by molar-refractivity contribution is 7.98. The van der Waals surface area contributed by atoms with Gasteiger partial charge in [0.15, 0.2) is 0 Å². The number of nitrogens with two attached hydrogens (primary N) is 1. The van der Waals surface area contributed by atoms with E-state index >= 15 is 0 Å². The molecule has 0 unspecified atom stereocenters. The maximum Gasteiger partial charge on any atom is 0.236 e. The number of anilines is 1. The average Bonchev–Trinajstić information content (AvgIpc) is 3.07. The number of benzene rings is 1. The lowest BCUT2D eigenvalue weighted by atomic mass is 10.3. The molecule has 6 heteroatoms. The van der Waals surface area contributed by atoms with Crippen molar-refractivity contribution < 1.29 is 4.42 Å². The summed E-state index contributed by atoms with van der Waals surface area (Å²) in [6.45, 7) is 1.94. The zero-order valence-electron chi connectivity index (χ0n) is 11.3. The van der Waals surface area contributed by atoms with E-state index in [4.69, 9.17) is 21.8 Å². The van der Waals surface area contributed by atoms with Crippen molar-refractivity contribution in [2.24, 2.45) is 0 Å². The van der Waals surface area contributed by atoms with E-state index in [1.54, 1.807) is 29.2 Å². The third-order valence-electron chi connectivity index (χ3n) is 2.96. The summed E-state index contributed by atoms with van der Waals surface area (Å²) >= 11 is 9.15. The molecule has 0 saturated carbocycles. The first-order valence-electron chi connectivity index (χ1n) is 6.31. The summed E-state index contributed by atoms with van der Waals surface area (Å²) < 4.78 is 5.73.